The fraction of sp³-hybridized carbons (Fsp3) is 0.421. The Kier molecular flexibility index (Phi) is 4.15. The predicted octanol–water partition coefficient (Wildman–Crippen LogP) is 2.24. The lowest BCUT2D eigenvalue weighted by Gasteiger charge is -2.40. The van der Waals surface area contributed by atoms with Crippen LogP contribution in [0.3, 0.4) is 0 Å². The molecule has 1 saturated heterocycles. The van der Waals surface area contributed by atoms with E-state index in [4.69, 9.17) is 10.4 Å². The number of hydrogen-bond acceptors (Lipinski definition) is 7. The molecule has 8 nitrogen and oxygen atoms in total. The first-order valence-corrected chi connectivity index (χ1v) is 9.02. The maximum atomic E-state index is 8.81. The highest BCUT2D eigenvalue weighted by atomic mass is 15.4. The number of hydrogen-bond donors (Lipinski definition) is 1. The molecule has 1 aliphatic heterocycles. The van der Waals surface area contributed by atoms with Crippen molar-refractivity contribution in [3.63, 3.8) is 0 Å². The van der Waals surface area contributed by atoms with Crippen LogP contribution in [0.4, 0.5) is 11.6 Å². The van der Waals surface area contributed by atoms with Crippen LogP contribution in [0.15, 0.2) is 30.5 Å². The molecule has 0 amide bonds. The van der Waals surface area contributed by atoms with Gasteiger partial charge in [-0.15, -0.1) is 15.3 Å². The summed E-state index contributed by atoms with van der Waals surface area (Å²) < 4.78 is 1.85. The molecule has 0 saturated carbocycles. The number of fused-ring (bicyclic) bond motifs is 1. The molecule has 4 heterocycles. The summed E-state index contributed by atoms with van der Waals surface area (Å²) in [7, 11) is 0. The number of nitriles is 1. The van der Waals surface area contributed by atoms with Crippen molar-refractivity contribution in [3.05, 3.63) is 41.9 Å². The second-order valence-corrected chi connectivity index (χ2v) is 7.93. The molecule has 0 bridgehead atoms. The summed E-state index contributed by atoms with van der Waals surface area (Å²) in [6.07, 6.45) is 1.58. The number of nitrogens with one attached hydrogen (secondary N) is 1. The molecular weight excluding hydrogens is 340 g/mol. The summed E-state index contributed by atoms with van der Waals surface area (Å²) in [4.78, 5) is 6.50. The summed E-state index contributed by atoms with van der Waals surface area (Å²) in [6.45, 7) is 9.06. The van der Waals surface area contributed by atoms with E-state index in [0.717, 1.165) is 42.7 Å². The van der Waals surface area contributed by atoms with E-state index in [1.165, 1.54) is 0 Å². The van der Waals surface area contributed by atoms with Crippen molar-refractivity contribution >= 4 is 17.3 Å². The Labute approximate surface area is 157 Å². The smallest absolute Gasteiger partial charge is 0.178 e. The van der Waals surface area contributed by atoms with Crippen LogP contribution in [0.2, 0.25) is 0 Å². The molecule has 0 unspecified atom stereocenters. The summed E-state index contributed by atoms with van der Waals surface area (Å²) in [6, 6.07) is 9.65. The quantitative estimate of drug-likeness (QED) is 0.760. The fourth-order valence-electron chi connectivity index (χ4n) is 3.12. The first-order chi connectivity index (χ1) is 12.9. The van der Waals surface area contributed by atoms with Crippen LogP contribution in [0.5, 0.6) is 0 Å². The van der Waals surface area contributed by atoms with Gasteiger partial charge in [0.25, 0.3) is 0 Å². The van der Waals surface area contributed by atoms with Crippen LogP contribution < -0.4 is 10.2 Å². The molecule has 1 N–H and O–H groups in total. The first-order valence-electron chi connectivity index (χ1n) is 9.02. The van der Waals surface area contributed by atoms with Gasteiger partial charge in [0.15, 0.2) is 11.5 Å². The van der Waals surface area contributed by atoms with Gasteiger partial charge in [0.05, 0.1) is 5.56 Å². The number of rotatable bonds is 4. The van der Waals surface area contributed by atoms with Gasteiger partial charge in [0.1, 0.15) is 17.7 Å². The Morgan fingerprint density at radius 2 is 2.00 bits per heavy atom. The number of aromatic nitrogens is 5. The van der Waals surface area contributed by atoms with E-state index >= 15 is 0 Å². The highest BCUT2D eigenvalue weighted by Crippen LogP contribution is 2.25. The van der Waals surface area contributed by atoms with Gasteiger partial charge in [-0.25, -0.2) is 4.98 Å². The third kappa shape index (κ3) is 3.40. The number of nitrogens with zero attached hydrogens (tertiary/aromatic N) is 7. The summed E-state index contributed by atoms with van der Waals surface area (Å²) in [5.74, 6) is 3.14. The molecule has 0 spiro atoms. The Bertz CT molecular complexity index is 987. The molecule has 0 aliphatic carbocycles. The lowest BCUT2D eigenvalue weighted by Crippen LogP contribution is -2.50. The molecule has 4 rings (SSSR count). The van der Waals surface area contributed by atoms with Crippen LogP contribution >= 0.6 is 0 Å². The van der Waals surface area contributed by atoms with Gasteiger partial charge >= 0.3 is 0 Å². The average molecular weight is 362 g/mol. The Morgan fingerprint density at radius 3 is 2.67 bits per heavy atom. The largest absolute Gasteiger partial charge is 0.370 e. The van der Waals surface area contributed by atoms with Crippen LogP contribution in [0, 0.1) is 17.2 Å². The van der Waals surface area contributed by atoms with Crippen molar-refractivity contribution in [1.82, 2.24) is 24.8 Å². The molecule has 0 atom stereocenters. The van der Waals surface area contributed by atoms with Gasteiger partial charge in [-0.1, -0.05) is 20.8 Å². The Hall–Kier alpha value is -3.21. The third-order valence-corrected chi connectivity index (χ3v) is 4.67. The fourth-order valence-corrected chi connectivity index (χ4v) is 3.12. The highest BCUT2D eigenvalue weighted by Gasteiger charge is 2.29. The van der Waals surface area contributed by atoms with Gasteiger partial charge in [-0.2, -0.15) is 9.78 Å². The van der Waals surface area contributed by atoms with E-state index in [2.05, 4.69) is 52.2 Å². The molecule has 1 fully saturated rings. The lowest BCUT2D eigenvalue weighted by molar-refractivity contribution is 0.423. The standard InChI is InChI=1S/C19H22N8/c1-19(2,3)18-24-23-16-6-7-17(25-27(16)18)26-11-14(12-26)10-22-15-5-4-13(8-20)9-21-15/h4-7,9,14H,10-12H2,1-3H3,(H,21,22). The molecule has 1 aliphatic rings. The monoisotopic (exact) mass is 362 g/mol. The normalized spacial score (nSPS) is 14.8. The first kappa shape index (κ1) is 17.2. The van der Waals surface area contributed by atoms with Gasteiger partial charge in [-0.3, -0.25) is 0 Å². The van der Waals surface area contributed by atoms with E-state index in [1.807, 2.05) is 22.7 Å². The summed E-state index contributed by atoms with van der Waals surface area (Å²) >= 11 is 0. The average Bonchev–Trinajstić information content (AvgIpc) is 3.04. The van der Waals surface area contributed by atoms with E-state index in [-0.39, 0.29) is 5.41 Å². The van der Waals surface area contributed by atoms with Gasteiger partial charge in [0.2, 0.25) is 0 Å². The van der Waals surface area contributed by atoms with E-state index in [9.17, 15) is 0 Å². The second kappa shape index (κ2) is 6.50. The molecule has 27 heavy (non-hydrogen) atoms. The van der Waals surface area contributed by atoms with Crippen molar-refractivity contribution in [2.24, 2.45) is 5.92 Å². The molecule has 0 aromatic carbocycles. The summed E-state index contributed by atoms with van der Waals surface area (Å²) in [5, 5.41) is 25.4. The molecule has 0 radical (unpaired) electrons. The van der Waals surface area contributed by atoms with E-state index < -0.39 is 0 Å². The van der Waals surface area contributed by atoms with Crippen molar-refractivity contribution in [1.29, 1.82) is 5.26 Å². The van der Waals surface area contributed by atoms with Gasteiger partial charge in [-0.05, 0) is 24.3 Å². The highest BCUT2D eigenvalue weighted by molar-refractivity contribution is 5.48. The molecule has 3 aromatic rings. The molecular formula is C19H22N8. The minimum absolute atomic E-state index is 0.111. The zero-order valence-electron chi connectivity index (χ0n) is 15.7. The van der Waals surface area contributed by atoms with Crippen LogP contribution in [0.25, 0.3) is 5.65 Å². The van der Waals surface area contributed by atoms with Crippen molar-refractivity contribution < 1.29 is 0 Å². The van der Waals surface area contributed by atoms with E-state index in [1.54, 1.807) is 12.3 Å². The third-order valence-electron chi connectivity index (χ3n) is 4.67. The summed E-state index contributed by atoms with van der Waals surface area (Å²) in [5.41, 5.74) is 1.23. The second-order valence-electron chi connectivity index (χ2n) is 7.93. The maximum absolute atomic E-state index is 8.81. The van der Waals surface area contributed by atoms with Gasteiger partial charge < -0.3 is 10.2 Å². The predicted molar refractivity (Wildman–Crippen MR) is 103 cm³/mol. The minimum atomic E-state index is -0.111. The zero-order chi connectivity index (χ0) is 19.0. The topological polar surface area (TPSA) is 95.0 Å². The van der Waals surface area contributed by atoms with Crippen molar-refractivity contribution in [3.8, 4) is 6.07 Å². The van der Waals surface area contributed by atoms with Crippen molar-refractivity contribution in [2.45, 2.75) is 26.2 Å². The van der Waals surface area contributed by atoms with Crippen molar-refractivity contribution in [2.75, 3.05) is 29.9 Å². The number of pyridine rings is 1. The Morgan fingerprint density at radius 1 is 1.19 bits per heavy atom. The van der Waals surface area contributed by atoms with Crippen LogP contribution in [-0.4, -0.2) is 44.4 Å². The Balaban J connectivity index is 1.38. The lowest BCUT2D eigenvalue weighted by atomic mass is 9.96. The molecule has 3 aromatic heterocycles. The molecule has 8 heteroatoms. The van der Waals surface area contributed by atoms with E-state index in [0.29, 0.717) is 11.5 Å². The maximum Gasteiger partial charge on any atom is 0.178 e. The minimum Gasteiger partial charge on any atom is -0.370 e. The zero-order valence-corrected chi connectivity index (χ0v) is 15.7. The van der Waals surface area contributed by atoms with Gasteiger partial charge in [0, 0.05) is 37.2 Å². The number of anilines is 2. The molecule has 138 valence electrons. The van der Waals surface area contributed by atoms with Crippen LogP contribution in [-0.2, 0) is 5.41 Å². The SMILES string of the molecule is CC(C)(C)c1nnc2ccc(N3CC(CNc4ccc(C#N)cn4)C3)nn12. The van der Waals surface area contributed by atoms with Crippen LogP contribution in [0.1, 0.15) is 32.2 Å².